The van der Waals surface area contributed by atoms with Gasteiger partial charge in [0, 0.05) is 30.5 Å². The van der Waals surface area contributed by atoms with Crippen molar-refractivity contribution >= 4 is 46.4 Å². The topological polar surface area (TPSA) is 44.8 Å². The number of thiocarbonyl (C=S) groups is 1. The van der Waals surface area contributed by atoms with Crippen molar-refractivity contribution in [2.75, 3.05) is 47.5 Å². The molecule has 4 rings (SSSR count). The van der Waals surface area contributed by atoms with Gasteiger partial charge in [-0.25, -0.2) is 9.18 Å². The van der Waals surface area contributed by atoms with Crippen LogP contribution in [0.25, 0.3) is 0 Å². The van der Waals surface area contributed by atoms with Crippen molar-refractivity contribution in [1.29, 1.82) is 0 Å². The van der Waals surface area contributed by atoms with Gasteiger partial charge >= 0.3 is 6.09 Å². The molecule has 1 aliphatic carbocycles. The number of carbonyl (C=O) groups is 1. The molecule has 1 unspecified atom stereocenters. The molecular weight excluding hydrogens is 373 g/mol. The molecule has 0 spiro atoms. The third-order valence-corrected chi connectivity index (χ3v) is 6.34. The lowest BCUT2D eigenvalue weighted by Crippen LogP contribution is -2.34. The first kappa shape index (κ1) is 17.9. The summed E-state index contributed by atoms with van der Waals surface area (Å²) in [7, 11) is 0. The van der Waals surface area contributed by atoms with Crippen LogP contribution in [-0.2, 0) is 4.74 Å². The van der Waals surface area contributed by atoms with Crippen LogP contribution in [0.2, 0.25) is 0 Å². The van der Waals surface area contributed by atoms with Crippen molar-refractivity contribution in [1.82, 2.24) is 5.32 Å². The summed E-state index contributed by atoms with van der Waals surface area (Å²) in [6.45, 7) is 2.60. The summed E-state index contributed by atoms with van der Waals surface area (Å²) >= 11 is 7.19. The fourth-order valence-corrected chi connectivity index (χ4v) is 4.49. The molecule has 2 aliphatic heterocycles. The van der Waals surface area contributed by atoms with Crippen LogP contribution in [-0.4, -0.2) is 54.9 Å². The first-order valence-corrected chi connectivity index (χ1v) is 10.6. The van der Waals surface area contributed by atoms with E-state index in [0.29, 0.717) is 30.4 Å². The summed E-state index contributed by atoms with van der Waals surface area (Å²) in [5.41, 5.74) is 1.14. The lowest BCUT2D eigenvalue weighted by atomic mass is 10.2. The highest BCUT2D eigenvalue weighted by Gasteiger charge is 2.34. The Morgan fingerprint density at radius 2 is 2.12 bits per heavy atom. The third kappa shape index (κ3) is 3.91. The Morgan fingerprint density at radius 1 is 1.35 bits per heavy atom. The number of thioether (sulfide) groups is 1. The van der Waals surface area contributed by atoms with Crippen molar-refractivity contribution < 1.29 is 13.9 Å². The van der Waals surface area contributed by atoms with Gasteiger partial charge in [0.05, 0.1) is 29.5 Å². The minimum atomic E-state index is -0.435. The van der Waals surface area contributed by atoms with E-state index in [1.54, 1.807) is 12.1 Å². The van der Waals surface area contributed by atoms with Gasteiger partial charge in [-0.15, -0.1) is 0 Å². The Balaban J connectivity index is 1.39. The number of amides is 1. The van der Waals surface area contributed by atoms with Gasteiger partial charge in [-0.05, 0) is 31.0 Å². The lowest BCUT2D eigenvalue weighted by molar-refractivity contribution is 0.143. The van der Waals surface area contributed by atoms with E-state index in [2.05, 4.69) is 10.2 Å². The van der Waals surface area contributed by atoms with Crippen LogP contribution in [0.4, 0.5) is 20.6 Å². The number of rotatable bonds is 5. The van der Waals surface area contributed by atoms with Gasteiger partial charge in [0.2, 0.25) is 0 Å². The maximum absolute atomic E-state index is 14.6. The largest absolute Gasteiger partial charge is 0.442 e. The Labute approximate surface area is 162 Å². The molecule has 0 aromatic heterocycles. The summed E-state index contributed by atoms with van der Waals surface area (Å²) < 4.78 is 20.0. The van der Waals surface area contributed by atoms with E-state index in [-0.39, 0.29) is 11.9 Å². The zero-order valence-corrected chi connectivity index (χ0v) is 16.1. The van der Waals surface area contributed by atoms with Gasteiger partial charge in [0.15, 0.2) is 0 Å². The molecule has 0 radical (unpaired) electrons. The molecule has 1 atom stereocenters. The van der Waals surface area contributed by atoms with E-state index in [1.807, 2.05) is 11.8 Å². The molecule has 5 nitrogen and oxygen atoms in total. The lowest BCUT2D eigenvalue weighted by Gasteiger charge is -2.29. The van der Waals surface area contributed by atoms with Crippen LogP contribution in [0.15, 0.2) is 18.2 Å². The maximum Gasteiger partial charge on any atom is 0.414 e. The van der Waals surface area contributed by atoms with Gasteiger partial charge in [-0.2, -0.15) is 11.8 Å². The highest BCUT2D eigenvalue weighted by atomic mass is 32.2. The van der Waals surface area contributed by atoms with Gasteiger partial charge in [-0.3, -0.25) is 4.90 Å². The first-order chi connectivity index (χ1) is 12.6. The Morgan fingerprint density at radius 3 is 2.81 bits per heavy atom. The third-order valence-electron chi connectivity index (χ3n) is 4.92. The molecule has 0 bridgehead atoms. The number of halogens is 1. The van der Waals surface area contributed by atoms with Crippen molar-refractivity contribution in [2.24, 2.45) is 5.92 Å². The molecule has 1 N–H and O–H groups in total. The van der Waals surface area contributed by atoms with Crippen molar-refractivity contribution in [3.8, 4) is 0 Å². The van der Waals surface area contributed by atoms with Crippen LogP contribution >= 0.6 is 24.0 Å². The highest BCUT2D eigenvalue weighted by molar-refractivity contribution is 7.99. The van der Waals surface area contributed by atoms with E-state index in [4.69, 9.17) is 17.0 Å². The van der Waals surface area contributed by atoms with Crippen LogP contribution in [0.3, 0.4) is 0 Å². The SMILES string of the molecule is O=C1OC(CNC(=S)C2CC2)CN1c1ccc(N2CCSCC2)c(F)c1. The highest BCUT2D eigenvalue weighted by Crippen LogP contribution is 2.31. The number of hydrogen-bond acceptors (Lipinski definition) is 5. The van der Waals surface area contributed by atoms with Gasteiger partial charge in [0.1, 0.15) is 11.9 Å². The van der Waals surface area contributed by atoms with Crippen LogP contribution in [0, 0.1) is 11.7 Å². The first-order valence-electron chi connectivity index (χ1n) is 9.00. The van der Waals surface area contributed by atoms with Gasteiger partial charge in [-0.1, -0.05) is 12.2 Å². The molecular formula is C18H22FN3O2S2. The summed E-state index contributed by atoms with van der Waals surface area (Å²) in [5.74, 6) is 2.22. The number of carbonyl (C=O) groups excluding carboxylic acids is 1. The van der Waals surface area contributed by atoms with E-state index in [9.17, 15) is 9.18 Å². The maximum atomic E-state index is 14.6. The monoisotopic (exact) mass is 395 g/mol. The molecule has 1 aromatic rings. The fraction of sp³-hybridized carbons (Fsp3) is 0.556. The molecule has 8 heteroatoms. The van der Waals surface area contributed by atoms with Crippen molar-refractivity contribution in [3.05, 3.63) is 24.0 Å². The summed E-state index contributed by atoms with van der Waals surface area (Å²) in [5, 5.41) is 3.19. The molecule has 1 saturated carbocycles. The average molecular weight is 396 g/mol. The predicted octanol–water partition coefficient (Wildman–Crippen LogP) is 3.03. The molecule has 140 valence electrons. The second-order valence-electron chi connectivity index (χ2n) is 6.87. The van der Waals surface area contributed by atoms with Crippen molar-refractivity contribution in [2.45, 2.75) is 18.9 Å². The minimum absolute atomic E-state index is 0.277. The smallest absolute Gasteiger partial charge is 0.414 e. The molecule has 1 amide bonds. The Kier molecular flexibility index (Phi) is 5.22. The standard InChI is InChI=1S/C18H22FN3O2S2/c19-15-9-13(3-4-16(15)21-5-7-26-8-6-21)22-11-14(24-18(22)23)10-20-17(25)12-1-2-12/h3-4,9,12,14H,1-2,5-8,10-11H2,(H,20,25). The zero-order valence-electron chi connectivity index (χ0n) is 14.4. The van der Waals surface area contributed by atoms with Crippen LogP contribution < -0.4 is 15.1 Å². The van der Waals surface area contributed by atoms with E-state index in [1.165, 1.54) is 11.0 Å². The van der Waals surface area contributed by atoms with Gasteiger partial charge < -0.3 is 15.0 Å². The summed E-state index contributed by atoms with van der Waals surface area (Å²) in [6.07, 6.45) is 1.57. The zero-order chi connectivity index (χ0) is 18.1. The number of benzene rings is 1. The van der Waals surface area contributed by atoms with Crippen molar-refractivity contribution in [3.63, 3.8) is 0 Å². The number of ether oxygens (including phenoxy) is 1. The molecule has 1 aromatic carbocycles. The molecule has 26 heavy (non-hydrogen) atoms. The fourth-order valence-electron chi connectivity index (χ4n) is 3.27. The van der Waals surface area contributed by atoms with E-state index < -0.39 is 6.09 Å². The Hall–Kier alpha value is -1.54. The number of anilines is 2. The van der Waals surface area contributed by atoms with Crippen LogP contribution in [0.5, 0.6) is 0 Å². The average Bonchev–Trinajstić information content (AvgIpc) is 3.43. The predicted molar refractivity (Wildman–Crippen MR) is 107 cm³/mol. The number of cyclic esters (lactones) is 1. The van der Waals surface area contributed by atoms with Crippen LogP contribution in [0.1, 0.15) is 12.8 Å². The summed E-state index contributed by atoms with van der Waals surface area (Å²) in [6, 6.07) is 5.00. The van der Waals surface area contributed by atoms with E-state index in [0.717, 1.165) is 42.4 Å². The molecule has 3 fully saturated rings. The molecule has 3 aliphatic rings. The quantitative estimate of drug-likeness (QED) is 0.774. The normalized spacial score (nSPS) is 23.1. The second-order valence-corrected chi connectivity index (χ2v) is 8.54. The van der Waals surface area contributed by atoms with Gasteiger partial charge in [0.25, 0.3) is 0 Å². The number of nitrogens with zero attached hydrogens (tertiary/aromatic N) is 2. The minimum Gasteiger partial charge on any atom is -0.442 e. The number of hydrogen-bond donors (Lipinski definition) is 1. The number of nitrogens with one attached hydrogen (secondary N) is 1. The second kappa shape index (κ2) is 7.60. The van der Waals surface area contributed by atoms with E-state index >= 15 is 0 Å². The summed E-state index contributed by atoms with van der Waals surface area (Å²) in [4.78, 5) is 16.6. The molecule has 2 heterocycles. The molecule has 2 saturated heterocycles. The Bertz CT molecular complexity index is 708.